The van der Waals surface area contributed by atoms with Gasteiger partial charge in [0, 0.05) is 39.3 Å². The first kappa shape index (κ1) is 17.1. The summed E-state index contributed by atoms with van der Waals surface area (Å²) in [5.41, 5.74) is 0. The maximum absolute atomic E-state index is 12.7. The van der Waals surface area contributed by atoms with Crippen LogP contribution in [0.25, 0.3) is 0 Å². The third-order valence-corrected chi connectivity index (χ3v) is 6.38. The molecule has 0 aromatic rings. The van der Waals surface area contributed by atoms with Gasteiger partial charge in [0.05, 0.1) is 6.61 Å². The summed E-state index contributed by atoms with van der Waals surface area (Å²) in [6, 6.07) is 0.686. The number of ether oxygens (including phenoxy) is 1. The van der Waals surface area contributed by atoms with E-state index >= 15 is 0 Å². The zero-order valence-corrected chi connectivity index (χ0v) is 14.1. The summed E-state index contributed by atoms with van der Waals surface area (Å²) in [6.07, 6.45) is 4.62. The van der Waals surface area contributed by atoms with Crippen LogP contribution in [0.1, 0.15) is 32.6 Å². The highest BCUT2D eigenvalue weighted by Crippen LogP contribution is 2.23. The van der Waals surface area contributed by atoms with Crippen LogP contribution in [0, 0.1) is 5.92 Å². The molecule has 0 aromatic carbocycles. The van der Waals surface area contributed by atoms with Crippen LogP contribution in [0.2, 0.25) is 0 Å². The zero-order valence-electron chi connectivity index (χ0n) is 13.3. The van der Waals surface area contributed by atoms with Crippen LogP contribution >= 0.6 is 0 Å². The Morgan fingerprint density at radius 3 is 2.71 bits per heavy atom. The molecule has 1 saturated carbocycles. The maximum atomic E-state index is 12.7. The molecule has 21 heavy (non-hydrogen) atoms. The van der Waals surface area contributed by atoms with Gasteiger partial charge in [0.15, 0.2) is 0 Å². The van der Waals surface area contributed by atoms with E-state index in [4.69, 9.17) is 4.74 Å². The van der Waals surface area contributed by atoms with E-state index in [1.165, 1.54) is 17.1 Å². The molecule has 2 rings (SSSR count). The molecule has 6 nitrogen and oxygen atoms in total. The van der Waals surface area contributed by atoms with Crippen molar-refractivity contribution in [2.24, 2.45) is 5.92 Å². The van der Waals surface area contributed by atoms with E-state index < -0.39 is 10.2 Å². The Labute approximate surface area is 129 Å². The molecule has 0 bridgehead atoms. The molecule has 124 valence electrons. The largest absolute Gasteiger partial charge is 0.383 e. The van der Waals surface area contributed by atoms with Crippen molar-refractivity contribution in [2.45, 2.75) is 38.6 Å². The Kier molecular flexibility index (Phi) is 6.43. The second-order valence-electron chi connectivity index (χ2n) is 6.04. The minimum atomic E-state index is -3.34. The van der Waals surface area contributed by atoms with Gasteiger partial charge in [-0.15, -0.1) is 0 Å². The molecule has 2 aliphatic rings. The van der Waals surface area contributed by atoms with Gasteiger partial charge in [-0.25, -0.2) is 0 Å². The molecule has 1 unspecified atom stereocenters. The summed E-state index contributed by atoms with van der Waals surface area (Å²) in [4.78, 5) is 0. The van der Waals surface area contributed by atoms with Crippen molar-refractivity contribution in [3.63, 3.8) is 0 Å². The Balaban J connectivity index is 1.90. The highest BCUT2D eigenvalue weighted by molar-refractivity contribution is 7.86. The van der Waals surface area contributed by atoms with Gasteiger partial charge in [0.25, 0.3) is 10.2 Å². The summed E-state index contributed by atoms with van der Waals surface area (Å²) in [7, 11) is -1.75. The first-order valence-corrected chi connectivity index (χ1v) is 9.45. The number of methoxy groups -OCH3 is 1. The highest BCUT2D eigenvalue weighted by atomic mass is 32.2. The predicted molar refractivity (Wildman–Crippen MR) is 83.4 cm³/mol. The summed E-state index contributed by atoms with van der Waals surface area (Å²) >= 11 is 0. The van der Waals surface area contributed by atoms with E-state index in [2.05, 4.69) is 5.32 Å². The van der Waals surface area contributed by atoms with E-state index in [9.17, 15) is 8.42 Å². The Morgan fingerprint density at radius 2 is 2.10 bits per heavy atom. The predicted octanol–water partition coefficient (Wildman–Crippen LogP) is 0.664. The average molecular weight is 319 g/mol. The monoisotopic (exact) mass is 319 g/mol. The van der Waals surface area contributed by atoms with Crippen LogP contribution in [0.4, 0.5) is 0 Å². The molecule has 1 aliphatic carbocycles. The highest BCUT2D eigenvalue weighted by Gasteiger charge is 2.33. The van der Waals surface area contributed by atoms with E-state index in [0.717, 1.165) is 19.4 Å². The number of piperidine rings is 1. The standard InChI is InChI=1S/C14H29N3O3S/c1-3-16(9-10-20-2)21(18,19)17-8-4-5-13(12-17)11-15-14-6-7-14/h13-15H,3-12H2,1-2H3. The van der Waals surface area contributed by atoms with Crippen molar-refractivity contribution in [1.82, 2.24) is 13.9 Å². The smallest absolute Gasteiger partial charge is 0.282 e. The lowest BCUT2D eigenvalue weighted by Crippen LogP contribution is -2.50. The van der Waals surface area contributed by atoms with Gasteiger partial charge in [0.1, 0.15) is 0 Å². The maximum Gasteiger partial charge on any atom is 0.282 e. The minimum absolute atomic E-state index is 0.427. The number of hydrogen-bond acceptors (Lipinski definition) is 4. The van der Waals surface area contributed by atoms with Gasteiger partial charge in [0.2, 0.25) is 0 Å². The average Bonchev–Trinajstić information content (AvgIpc) is 3.30. The van der Waals surface area contributed by atoms with E-state index in [1.807, 2.05) is 6.92 Å². The third kappa shape index (κ3) is 4.89. The first-order valence-electron chi connectivity index (χ1n) is 8.05. The number of hydrogen-bond donors (Lipinski definition) is 1. The SMILES string of the molecule is CCN(CCOC)S(=O)(=O)N1CCCC(CNC2CC2)C1. The quantitative estimate of drug-likeness (QED) is 0.678. The van der Waals surface area contributed by atoms with Crippen molar-refractivity contribution in [2.75, 3.05) is 46.4 Å². The molecule has 1 atom stereocenters. The lowest BCUT2D eigenvalue weighted by Gasteiger charge is -2.35. The molecular weight excluding hydrogens is 290 g/mol. The Hall–Kier alpha value is -0.210. The fourth-order valence-electron chi connectivity index (χ4n) is 2.82. The molecule has 1 heterocycles. The third-order valence-electron chi connectivity index (χ3n) is 4.30. The van der Waals surface area contributed by atoms with Crippen LogP contribution < -0.4 is 5.32 Å². The van der Waals surface area contributed by atoms with Crippen molar-refractivity contribution >= 4 is 10.2 Å². The minimum Gasteiger partial charge on any atom is -0.383 e. The molecule has 0 spiro atoms. The molecule has 2 fully saturated rings. The van der Waals surface area contributed by atoms with Crippen LogP contribution in [0.3, 0.4) is 0 Å². The Morgan fingerprint density at radius 1 is 1.33 bits per heavy atom. The number of likely N-dealkylation sites (N-methyl/N-ethyl adjacent to an activating group) is 1. The zero-order chi connectivity index (χ0) is 15.3. The second kappa shape index (κ2) is 7.87. The molecule has 0 aromatic heterocycles. The molecule has 0 radical (unpaired) electrons. The van der Waals surface area contributed by atoms with Crippen LogP contribution in [0.5, 0.6) is 0 Å². The van der Waals surface area contributed by atoms with E-state index in [0.29, 0.717) is 44.7 Å². The fourth-order valence-corrected chi connectivity index (χ4v) is 4.53. The topological polar surface area (TPSA) is 61.9 Å². The molecular formula is C14H29N3O3S. The molecule has 1 aliphatic heterocycles. The van der Waals surface area contributed by atoms with Gasteiger partial charge in [-0.1, -0.05) is 6.92 Å². The van der Waals surface area contributed by atoms with Crippen molar-refractivity contribution in [3.8, 4) is 0 Å². The summed E-state index contributed by atoms with van der Waals surface area (Å²) < 4.78 is 33.6. The molecule has 0 amide bonds. The first-order chi connectivity index (χ1) is 10.1. The molecule has 1 saturated heterocycles. The molecule has 7 heteroatoms. The summed E-state index contributed by atoms with van der Waals surface area (Å²) in [6.45, 7) is 5.47. The number of rotatable bonds is 9. The van der Waals surface area contributed by atoms with E-state index in [1.54, 1.807) is 11.4 Å². The summed E-state index contributed by atoms with van der Waals surface area (Å²) in [5, 5.41) is 3.52. The van der Waals surface area contributed by atoms with Gasteiger partial charge in [-0.3, -0.25) is 0 Å². The van der Waals surface area contributed by atoms with Crippen LogP contribution in [-0.4, -0.2) is 69.5 Å². The van der Waals surface area contributed by atoms with Gasteiger partial charge in [-0.05, 0) is 38.1 Å². The Bertz CT molecular complexity index is 412. The van der Waals surface area contributed by atoms with Gasteiger partial charge in [-0.2, -0.15) is 17.0 Å². The normalized spacial score (nSPS) is 24.6. The number of nitrogens with zero attached hydrogens (tertiary/aromatic N) is 2. The van der Waals surface area contributed by atoms with Gasteiger partial charge < -0.3 is 10.1 Å². The summed E-state index contributed by atoms with van der Waals surface area (Å²) in [5.74, 6) is 0.440. The van der Waals surface area contributed by atoms with Crippen LogP contribution in [-0.2, 0) is 14.9 Å². The fraction of sp³-hybridized carbons (Fsp3) is 1.00. The van der Waals surface area contributed by atoms with Crippen LogP contribution in [0.15, 0.2) is 0 Å². The molecule has 1 N–H and O–H groups in total. The van der Waals surface area contributed by atoms with Crippen molar-refractivity contribution < 1.29 is 13.2 Å². The van der Waals surface area contributed by atoms with Crippen molar-refractivity contribution in [3.05, 3.63) is 0 Å². The number of nitrogens with one attached hydrogen (secondary N) is 1. The lowest BCUT2D eigenvalue weighted by molar-refractivity contribution is 0.173. The second-order valence-corrected chi connectivity index (χ2v) is 7.97. The lowest BCUT2D eigenvalue weighted by atomic mass is 10.00. The van der Waals surface area contributed by atoms with Crippen molar-refractivity contribution in [1.29, 1.82) is 0 Å². The van der Waals surface area contributed by atoms with E-state index in [-0.39, 0.29) is 0 Å². The van der Waals surface area contributed by atoms with Gasteiger partial charge >= 0.3 is 0 Å².